The lowest BCUT2D eigenvalue weighted by Crippen LogP contribution is -2.60. The average molecular weight is 173 g/mol. The van der Waals surface area contributed by atoms with E-state index in [0.29, 0.717) is 18.7 Å². The number of hydrogen-bond acceptors (Lipinski definition) is 2. The number of nitrogens with zero attached hydrogens (tertiary/aromatic N) is 1. The topological polar surface area (TPSA) is 12.5 Å². The van der Waals surface area contributed by atoms with Crippen LogP contribution in [0.3, 0.4) is 0 Å². The van der Waals surface area contributed by atoms with E-state index in [1.807, 2.05) is 0 Å². The third-order valence-corrected chi connectivity index (χ3v) is 2.95. The van der Waals surface area contributed by atoms with Crippen LogP contribution in [-0.2, 0) is 4.74 Å². The summed E-state index contributed by atoms with van der Waals surface area (Å²) in [4.78, 5) is 2.25. The van der Waals surface area contributed by atoms with Crippen LogP contribution in [0.1, 0.15) is 26.7 Å². The molecule has 3 atom stereocenters. The number of ether oxygens (including phenoxy) is 1. The summed E-state index contributed by atoms with van der Waals surface area (Å²) in [5, 5.41) is 0. The molecular formula is C9H16FNO. The van der Waals surface area contributed by atoms with Gasteiger partial charge in [0.05, 0.1) is 12.6 Å². The van der Waals surface area contributed by atoms with Crippen LogP contribution in [0.15, 0.2) is 0 Å². The summed E-state index contributed by atoms with van der Waals surface area (Å²) in [7, 11) is 0. The van der Waals surface area contributed by atoms with E-state index in [9.17, 15) is 4.39 Å². The van der Waals surface area contributed by atoms with Crippen LogP contribution in [0.5, 0.6) is 0 Å². The first kappa shape index (κ1) is 8.45. The molecule has 0 spiro atoms. The Morgan fingerprint density at radius 3 is 2.92 bits per heavy atom. The Morgan fingerprint density at radius 1 is 1.50 bits per heavy atom. The number of halogens is 1. The molecule has 3 aliphatic rings. The van der Waals surface area contributed by atoms with Gasteiger partial charge in [0.1, 0.15) is 0 Å². The Labute approximate surface area is 72.7 Å². The van der Waals surface area contributed by atoms with E-state index in [4.69, 9.17) is 4.74 Å². The van der Waals surface area contributed by atoms with E-state index >= 15 is 0 Å². The third-order valence-electron chi connectivity index (χ3n) is 2.95. The van der Waals surface area contributed by atoms with Gasteiger partial charge in [-0.15, -0.1) is 0 Å². The van der Waals surface area contributed by atoms with Crippen LogP contribution in [-0.4, -0.2) is 36.0 Å². The van der Waals surface area contributed by atoms with Crippen LogP contribution >= 0.6 is 0 Å². The summed E-state index contributed by atoms with van der Waals surface area (Å²) < 4.78 is 18.3. The van der Waals surface area contributed by atoms with E-state index in [-0.39, 0.29) is 6.04 Å². The molecule has 0 radical (unpaired) electrons. The minimum atomic E-state index is -1.05. The maximum absolute atomic E-state index is 13.2. The molecule has 3 heterocycles. The van der Waals surface area contributed by atoms with Gasteiger partial charge in [0, 0.05) is 12.1 Å². The Bertz CT molecular complexity index is 174. The molecule has 0 aliphatic carbocycles. The minimum absolute atomic E-state index is 0.0394. The van der Waals surface area contributed by atoms with Crippen molar-refractivity contribution in [1.82, 2.24) is 4.90 Å². The highest BCUT2D eigenvalue weighted by Gasteiger charge is 2.46. The Kier molecular flexibility index (Phi) is 2.09. The van der Waals surface area contributed by atoms with Crippen LogP contribution in [0.4, 0.5) is 4.39 Å². The highest BCUT2D eigenvalue weighted by atomic mass is 19.1. The quantitative estimate of drug-likeness (QED) is 0.596. The van der Waals surface area contributed by atoms with Gasteiger partial charge < -0.3 is 4.74 Å². The Hall–Kier alpha value is -0.150. The monoisotopic (exact) mass is 173 g/mol. The van der Waals surface area contributed by atoms with E-state index < -0.39 is 6.36 Å². The Morgan fingerprint density at radius 2 is 2.25 bits per heavy atom. The molecular weight excluding hydrogens is 157 g/mol. The molecule has 2 bridgehead atoms. The molecule has 0 saturated carbocycles. The molecule has 0 N–H and O–H groups in total. The van der Waals surface area contributed by atoms with Crippen molar-refractivity contribution in [2.45, 2.75) is 51.2 Å². The molecule has 70 valence electrons. The summed E-state index contributed by atoms with van der Waals surface area (Å²) >= 11 is 0. The van der Waals surface area contributed by atoms with E-state index in [0.717, 1.165) is 12.8 Å². The zero-order chi connectivity index (χ0) is 8.72. The lowest BCUT2D eigenvalue weighted by atomic mass is 9.90. The minimum Gasteiger partial charge on any atom is -0.347 e. The standard InChI is InChI=1S/C9H16FNO/c1-6(2)11-7-3-4-12-9(10)8(11)5-7/h6-9H,3-5H2,1-2H3/t7?,8?,9-/m0/s1. The van der Waals surface area contributed by atoms with Crippen LogP contribution in [0.25, 0.3) is 0 Å². The van der Waals surface area contributed by atoms with Crippen molar-refractivity contribution in [3.63, 3.8) is 0 Å². The van der Waals surface area contributed by atoms with Crippen molar-refractivity contribution in [3.05, 3.63) is 0 Å². The second-order valence-electron chi connectivity index (χ2n) is 4.01. The molecule has 3 fully saturated rings. The van der Waals surface area contributed by atoms with Gasteiger partial charge in [0.25, 0.3) is 0 Å². The molecule has 2 unspecified atom stereocenters. The summed E-state index contributed by atoms with van der Waals surface area (Å²) in [6.45, 7) is 4.83. The first-order chi connectivity index (χ1) is 5.70. The Balaban J connectivity index is 2.06. The fourth-order valence-corrected chi connectivity index (χ4v) is 2.40. The number of hydrogen-bond donors (Lipinski definition) is 0. The predicted octanol–water partition coefficient (Wildman–Crippen LogP) is 1.55. The van der Waals surface area contributed by atoms with E-state index in [1.54, 1.807) is 0 Å². The zero-order valence-electron chi connectivity index (χ0n) is 7.66. The van der Waals surface area contributed by atoms with Gasteiger partial charge in [-0.25, -0.2) is 4.39 Å². The smallest absolute Gasteiger partial charge is 0.214 e. The number of rotatable bonds is 1. The molecule has 3 heteroatoms. The summed E-state index contributed by atoms with van der Waals surface area (Å²) in [6, 6.07) is 1.07. The van der Waals surface area contributed by atoms with Gasteiger partial charge in [0.15, 0.2) is 0 Å². The predicted molar refractivity (Wildman–Crippen MR) is 44.6 cm³/mol. The number of alkyl halides is 1. The van der Waals surface area contributed by atoms with Crippen LogP contribution < -0.4 is 0 Å². The molecule has 0 aromatic heterocycles. The highest BCUT2D eigenvalue weighted by Crippen LogP contribution is 2.36. The fraction of sp³-hybridized carbons (Fsp3) is 1.00. The molecule has 0 aromatic carbocycles. The highest BCUT2D eigenvalue weighted by molar-refractivity contribution is 4.97. The molecule has 3 rings (SSSR count). The van der Waals surface area contributed by atoms with Gasteiger partial charge >= 0.3 is 0 Å². The lowest BCUT2D eigenvalue weighted by Gasteiger charge is -2.49. The summed E-state index contributed by atoms with van der Waals surface area (Å²) in [5.41, 5.74) is 0. The van der Waals surface area contributed by atoms with Gasteiger partial charge in [-0.05, 0) is 26.7 Å². The van der Waals surface area contributed by atoms with Gasteiger partial charge in [-0.3, -0.25) is 4.90 Å². The third kappa shape index (κ3) is 1.15. The van der Waals surface area contributed by atoms with Gasteiger partial charge in [-0.1, -0.05) is 0 Å². The average Bonchev–Trinajstić information content (AvgIpc) is 2.15. The lowest BCUT2D eigenvalue weighted by molar-refractivity contribution is -0.117. The molecule has 2 nitrogen and oxygen atoms in total. The first-order valence-corrected chi connectivity index (χ1v) is 4.73. The normalized spacial score (nSPS) is 42.5. The van der Waals surface area contributed by atoms with Crippen molar-refractivity contribution < 1.29 is 9.13 Å². The molecule has 12 heavy (non-hydrogen) atoms. The molecule has 0 amide bonds. The van der Waals surface area contributed by atoms with Crippen LogP contribution in [0.2, 0.25) is 0 Å². The van der Waals surface area contributed by atoms with Crippen molar-refractivity contribution in [2.24, 2.45) is 0 Å². The fourth-order valence-electron chi connectivity index (χ4n) is 2.40. The maximum Gasteiger partial charge on any atom is 0.214 e. The molecule has 0 aromatic rings. The first-order valence-electron chi connectivity index (χ1n) is 4.73. The van der Waals surface area contributed by atoms with E-state index in [2.05, 4.69) is 18.7 Å². The van der Waals surface area contributed by atoms with E-state index in [1.165, 1.54) is 0 Å². The van der Waals surface area contributed by atoms with Gasteiger partial charge in [0.2, 0.25) is 6.36 Å². The molecule has 3 aliphatic heterocycles. The molecule has 3 saturated heterocycles. The zero-order valence-corrected chi connectivity index (χ0v) is 7.66. The maximum atomic E-state index is 13.2. The van der Waals surface area contributed by atoms with Crippen LogP contribution in [0, 0.1) is 0 Å². The van der Waals surface area contributed by atoms with Crippen molar-refractivity contribution in [1.29, 1.82) is 0 Å². The summed E-state index contributed by atoms with van der Waals surface area (Å²) in [6.07, 6.45) is 0.931. The van der Waals surface area contributed by atoms with Gasteiger partial charge in [-0.2, -0.15) is 0 Å². The van der Waals surface area contributed by atoms with Crippen molar-refractivity contribution in [2.75, 3.05) is 6.61 Å². The number of fused-ring (bicyclic) bond motifs is 3. The van der Waals surface area contributed by atoms with Crippen molar-refractivity contribution in [3.8, 4) is 0 Å². The SMILES string of the molecule is CC(C)N1C2CCO[C@H](F)C1C2. The second-order valence-corrected chi connectivity index (χ2v) is 4.01. The summed E-state index contributed by atoms with van der Waals surface area (Å²) in [5.74, 6) is 0. The largest absolute Gasteiger partial charge is 0.347 e. The second kappa shape index (κ2) is 2.96. The van der Waals surface area contributed by atoms with Crippen molar-refractivity contribution >= 4 is 0 Å².